The van der Waals surface area contributed by atoms with E-state index in [1.165, 1.54) is 22.2 Å². The Kier molecular flexibility index (Phi) is 5.06. The van der Waals surface area contributed by atoms with Crippen LogP contribution in [0, 0.1) is 5.92 Å². The molecule has 0 spiro atoms. The molecule has 1 aliphatic heterocycles. The molecule has 2 atom stereocenters. The topological polar surface area (TPSA) is 57.6 Å². The van der Waals surface area contributed by atoms with Crippen LogP contribution in [-0.2, 0) is 15.3 Å². The number of carboxylic acid groups (broad SMARTS) is 1. The molecule has 1 saturated heterocycles. The van der Waals surface area contributed by atoms with Crippen LogP contribution >= 0.6 is 11.8 Å². The first-order valence-electron chi connectivity index (χ1n) is 6.73. The van der Waals surface area contributed by atoms with Gasteiger partial charge in [0, 0.05) is 12.3 Å². The normalized spacial score (nSPS) is 21.9. The van der Waals surface area contributed by atoms with Crippen molar-refractivity contribution in [3.8, 4) is 0 Å². The second-order valence-electron chi connectivity index (χ2n) is 5.11. The largest absolute Gasteiger partial charge is 0.480 e. The zero-order chi connectivity index (χ0) is 14.5. The van der Waals surface area contributed by atoms with Gasteiger partial charge in [0.2, 0.25) is 5.91 Å². The van der Waals surface area contributed by atoms with E-state index in [1.807, 2.05) is 37.3 Å². The fourth-order valence-electron chi connectivity index (χ4n) is 2.52. The van der Waals surface area contributed by atoms with Gasteiger partial charge in [0.1, 0.15) is 6.04 Å². The summed E-state index contributed by atoms with van der Waals surface area (Å²) in [5.74, 6) is 0.189. The van der Waals surface area contributed by atoms with E-state index in [9.17, 15) is 14.7 Å². The van der Waals surface area contributed by atoms with Crippen LogP contribution in [0.15, 0.2) is 30.3 Å². The zero-order valence-corrected chi connectivity index (χ0v) is 12.3. The summed E-state index contributed by atoms with van der Waals surface area (Å²) in [7, 11) is 0. The Labute approximate surface area is 123 Å². The van der Waals surface area contributed by atoms with Crippen LogP contribution in [0.2, 0.25) is 0 Å². The lowest BCUT2D eigenvalue weighted by Crippen LogP contribution is -2.43. The number of benzene rings is 1. The third-order valence-electron chi connectivity index (χ3n) is 3.61. The summed E-state index contributed by atoms with van der Waals surface area (Å²) in [5.41, 5.74) is 1.18. The predicted molar refractivity (Wildman–Crippen MR) is 79.5 cm³/mol. The summed E-state index contributed by atoms with van der Waals surface area (Å²) < 4.78 is 0. The minimum atomic E-state index is -0.892. The highest BCUT2D eigenvalue weighted by Crippen LogP contribution is 2.25. The summed E-state index contributed by atoms with van der Waals surface area (Å²) in [6.07, 6.45) is 0.770. The summed E-state index contributed by atoms with van der Waals surface area (Å²) >= 11 is 1.53. The predicted octanol–water partition coefficient (Wildman–Crippen LogP) is 2.24. The average Bonchev–Trinajstić information content (AvgIpc) is 2.82. The van der Waals surface area contributed by atoms with Crippen LogP contribution in [-0.4, -0.2) is 40.2 Å². The van der Waals surface area contributed by atoms with Gasteiger partial charge in [-0.1, -0.05) is 37.3 Å². The van der Waals surface area contributed by atoms with Crippen molar-refractivity contribution in [3.05, 3.63) is 35.9 Å². The van der Waals surface area contributed by atoms with Crippen molar-refractivity contribution in [2.24, 2.45) is 5.92 Å². The Bertz CT molecular complexity index is 477. The molecule has 2 unspecified atom stereocenters. The van der Waals surface area contributed by atoms with Crippen molar-refractivity contribution in [1.82, 2.24) is 4.90 Å². The Balaban J connectivity index is 1.84. The van der Waals surface area contributed by atoms with Gasteiger partial charge in [-0.3, -0.25) is 4.79 Å². The molecule has 0 aliphatic carbocycles. The van der Waals surface area contributed by atoms with Crippen LogP contribution in [0.4, 0.5) is 0 Å². The SMILES string of the molecule is CC1CCN(C(=O)CSCc2ccccc2)C1C(=O)O. The molecule has 1 amide bonds. The molecule has 2 rings (SSSR count). The molecule has 1 fully saturated rings. The van der Waals surface area contributed by atoms with Crippen LogP contribution in [0.5, 0.6) is 0 Å². The number of nitrogens with zero attached hydrogens (tertiary/aromatic N) is 1. The van der Waals surface area contributed by atoms with E-state index < -0.39 is 12.0 Å². The van der Waals surface area contributed by atoms with Gasteiger partial charge in [0.25, 0.3) is 0 Å². The molecule has 1 aromatic carbocycles. The van der Waals surface area contributed by atoms with Gasteiger partial charge < -0.3 is 10.0 Å². The average molecular weight is 293 g/mol. The molecule has 0 saturated carbocycles. The second kappa shape index (κ2) is 6.79. The summed E-state index contributed by atoms with van der Waals surface area (Å²) in [5, 5.41) is 9.21. The number of rotatable bonds is 5. The second-order valence-corrected chi connectivity index (χ2v) is 6.10. The van der Waals surface area contributed by atoms with Gasteiger partial charge in [-0.15, -0.1) is 11.8 Å². The van der Waals surface area contributed by atoms with Gasteiger partial charge in [-0.2, -0.15) is 0 Å². The zero-order valence-electron chi connectivity index (χ0n) is 11.5. The molecule has 0 radical (unpaired) electrons. The van der Waals surface area contributed by atoms with Crippen LogP contribution < -0.4 is 0 Å². The van der Waals surface area contributed by atoms with Crippen molar-refractivity contribution in [3.63, 3.8) is 0 Å². The number of carbonyl (C=O) groups is 2. The maximum atomic E-state index is 12.1. The number of carbonyl (C=O) groups excluding carboxylic acids is 1. The Hall–Kier alpha value is -1.49. The number of hydrogen-bond donors (Lipinski definition) is 1. The van der Waals surface area contributed by atoms with Crippen molar-refractivity contribution >= 4 is 23.6 Å². The molecule has 0 bridgehead atoms. The molecular weight excluding hydrogens is 274 g/mol. The smallest absolute Gasteiger partial charge is 0.326 e. The number of aliphatic carboxylic acids is 1. The molecule has 1 N–H and O–H groups in total. The number of carboxylic acids is 1. The van der Waals surface area contributed by atoms with E-state index in [4.69, 9.17) is 0 Å². The first-order valence-corrected chi connectivity index (χ1v) is 7.89. The fraction of sp³-hybridized carbons (Fsp3) is 0.467. The molecule has 4 nitrogen and oxygen atoms in total. The highest BCUT2D eigenvalue weighted by atomic mass is 32.2. The Morgan fingerprint density at radius 3 is 2.70 bits per heavy atom. The van der Waals surface area contributed by atoms with E-state index in [1.54, 1.807) is 0 Å². The first kappa shape index (κ1) is 14.9. The minimum absolute atomic E-state index is 0.0376. The van der Waals surface area contributed by atoms with Crippen molar-refractivity contribution in [2.45, 2.75) is 25.1 Å². The van der Waals surface area contributed by atoms with E-state index in [0.29, 0.717) is 12.3 Å². The molecular formula is C15H19NO3S. The number of hydrogen-bond acceptors (Lipinski definition) is 3. The third kappa shape index (κ3) is 3.54. The standard InChI is InChI=1S/C15H19NO3S/c1-11-7-8-16(14(11)15(18)19)13(17)10-20-9-12-5-3-2-4-6-12/h2-6,11,14H,7-10H2,1H3,(H,18,19). The van der Waals surface area contributed by atoms with E-state index >= 15 is 0 Å². The fourth-order valence-corrected chi connectivity index (χ4v) is 3.39. The minimum Gasteiger partial charge on any atom is -0.480 e. The Morgan fingerprint density at radius 1 is 1.35 bits per heavy atom. The lowest BCUT2D eigenvalue weighted by atomic mass is 10.0. The van der Waals surface area contributed by atoms with Crippen LogP contribution in [0.3, 0.4) is 0 Å². The lowest BCUT2D eigenvalue weighted by Gasteiger charge is -2.23. The van der Waals surface area contributed by atoms with Gasteiger partial charge in [0.05, 0.1) is 5.75 Å². The van der Waals surface area contributed by atoms with Crippen LogP contribution in [0.1, 0.15) is 18.9 Å². The maximum absolute atomic E-state index is 12.1. The van der Waals surface area contributed by atoms with E-state index in [2.05, 4.69) is 0 Å². The molecule has 0 aromatic heterocycles. The van der Waals surface area contributed by atoms with E-state index in [-0.39, 0.29) is 11.8 Å². The quantitative estimate of drug-likeness (QED) is 0.904. The third-order valence-corrected chi connectivity index (χ3v) is 4.60. The molecule has 5 heteroatoms. The summed E-state index contributed by atoms with van der Waals surface area (Å²) in [6, 6.07) is 9.30. The van der Waals surface area contributed by atoms with Crippen molar-refractivity contribution < 1.29 is 14.7 Å². The van der Waals surface area contributed by atoms with Gasteiger partial charge in [0.15, 0.2) is 0 Å². The van der Waals surface area contributed by atoms with E-state index in [0.717, 1.165) is 12.2 Å². The van der Waals surface area contributed by atoms with Crippen molar-refractivity contribution in [1.29, 1.82) is 0 Å². The number of likely N-dealkylation sites (tertiary alicyclic amines) is 1. The van der Waals surface area contributed by atoms with Gasteiger partial charge in [-0.25, -0.2) is 4.79 Å². The Morgan fingerprint density at radius 2 is 2.05 bits per heavy atom. The molecule has 1 aliphatic rings. The highest BCUT2D eigenvalue weighted by Gasteiger charge is 2.39. The number of amides is 1. The molecule has 108 valence electrons. The van der Waals surface area contributed by atoms with Gasteiger partial charge in [-0.05, 0) is 17.9 Å². The highest BCUT2D eigenvalue weighted by molar-refractivity contribution is 7.99. The lowest BCUT2D eigenvalue weighted by molar-refractivity contribution is -0.148. The molecule has 1 aromatic rings. The van der Waals surface area contributed by atoms with Crippen molar-refractivity contribution in [2.75, 3.05) is 12.3 Å². The summed E-state index contributed by atoms with van der Waals surface area (Å²) in [4.78, 5) is 24.9. The molecule has 20 heavy (non-hydrogen) atoms. The maximum Gasteiger partial charge on any atom is 0.326 e. The summed E-state index contributed by atoms with van der Waals surface area (Å²) in [6.45, 7) is 2.45. The van der Waals surface area contributed by atoms with Gasteiger partial charge >= 0.3 is 5.97 Å². The molecule has 1 heterocycles. The van der Waals surface area contributed by atoms with Crippen LogP contribution in [0.25, 0.3) is 0 Å². The first-order chi connectivity index (χ1) is 9.59. The number of thioether (sulfide) groups is 1. The monoisotopic (exact) mass is 293 g/mol.